The van der Waals surface area contributed by atoms with Crippen molar-refractivity contribution < 1.29 is 9.53 Å². The van der Waals surface area contributed by atoms with E-state index in [1.165, 1.54) is 5.56 Å². The van der Waals surface area contributed by atoms with Crippen LogP contribution in [-0.4, -0.2) is 49.6 Å². The molecule has 156 valence electrons. The van der Waals surface area contributed by atoms with Gasteiger partial charge in [-0.05, 0) is 49.6 Å². The third kappa shape index (κ3) is 5.30. The smallest absolute Gasteiger partial charge is 0.241 e. The molecule has 29 heavy (non-hydrogen) atoms. The average molecular weight is 396 g/mol. The summed E-state index contributed by atoms with van der Waals surface area (Å²) in [6.45, 7) is 12.4. The lowest BCUT2D eigenvalue weighted by Gasteiger charge is -2.39. The first kappa shape index (κ1) is 21.2. The van der Waals surface area contributed by atoms with Crippen LogP contribution in [0.4, 0.5) is 11.4 Å². The fraction of sp³-hybridized carbons (Fsp3) is 0.458. The Bertz CT molecular complexity index is 796. The number of nitrogens with one attached hydrogen (secondary N) is 1. The van der Waals surface area contributed by atoms with Crippen molar-refractivity contribution in [3.63, 3.8) is 0 Å². The first-order valence-corrected chi connectivity index (χ1v) is 10.6. The van der Waals surface area contributed by atoms with E-state index in [2.05, 4.69) is 47.2 Å². The number of nitrogens with zero attached hydrogens (tertiary/aromatic N) is 2. The van der Waals surface area contributed by atoms with Gasteiger partial charge >= 0.3 is 0 Å². The summed E-state index contributed by atoms with van der Waals surface area (Å²) in [4.78, 5) is 17.3. The normalized spacial score (nSPS) is 16.0. The van der Waals surface area contributed by atoms with Crippen LogP contribution in [0.2, 0.25) is 0 Å². The van der Waals surface area contributed by atoms with Gasteiger partial charge in [0.15, 0.2) is 0 Å². The van der Waals surface area contributed by atoms with Crippen molar-refractivity contribution in [3.8, 4) is 5.75 Å². The molecule has 0 unspecified atom stereocenters. The number of benzene rings is 2. The molecule has 0 radical (unpaired) electrons. The fourth-order valence-corrected chi connectivity index (χ4v) is 3.71. The molecule has 0 saturated carbocycles. The summed E-state index contributed by atoms with van der Waals surface area (Å²) in [6.07, 6.45) is 0. The Kier molecular flexibility index (Phi) is 7.15. The molecule has 0 bridgehead atoms. The summed E-state index contributed by atoms with van der Waals surface area (Å²) in [6, 6.07) is 16.2. The van der Waals surface area contributed by atoms with E-state index in [-0.39, 0.29) is 11.9 Å². The molecule has 0 aliphatic carbocycles. The second kappa shape index (κ2) is 9.79. The topological polar surface area (TPSA) is 44.8 Å². The fourth-order valence-electron chi connectivity index (χ4n) is 3.71. The quantitative estimate of drug-likeness (QED) is 0.757. The van der Waals surface area contributed by atoms with Crippen LogP contribution in [0.3, 0.4) is 0 Å². The van der Waals surface area contributed by atoms with Crippen LogP contribution in [0, 0.1) is 0 Å². The zero-order chi connectivity index (χ0) is 20.8. The molecule has 1 aliphatic heterocycles. The Labute approximate surface area is 174 Å². The van der Waals surface area contributed by atoms with Crippen molar-refractivity contribution >= 4 is 17.3 Å². The van der Waals surface area contributed by atoms with Crippen LogP contribution in [0.5, 0.6) is 5.75 Å². The first-order chi connectivity index (χ1) is 14.0. The second-order valence-electron chi connectivity index (χ2n) is 7.87. The maximum atomic E-state index is 12.7. The van der Waals surface area contributed by atoms with E-state index < -0.39 is 0 Å². The van der Waals surface area contributed by atoms with Crippen molar-refractivity contribution in [2.75, 3.05) is 43.0 Å². The van der Waals surface area contributed by atoms with Gasteiger partial charge in [0.25, 0.3) is 0 Å². The van der Waals surface area contributed by atoms with E-state index >= 15 is 0 Å². The van der Waals surface area contributed by atoms with Crippen molar-refractivity contribution in [2.45, 2.75) is 39.7 Å². The van der Waals surface area contributed by atoms with Crippen molar-refractivity contribution in [1.29, 1.82) is 0 Å². The Morgan fingerprint density at radius 3 is 2.28 bits per heavy atom. The Hall–Kier alpha value is -2.53. The number of piperazine rings is 1. The Morgan fingerprint density at radius 1 is 1.00 bits per heavy atom. The molecule has 2 aromatic carbocycles. The molecule has 1 saturated heterocycles. The minimum absolute atomic E-state index is 0.0467. The third-order valence-corrected chi connectivity index (χ3v) is 5.59. The summed E-state index contributed by atoms with van der Waals surface area (Å²) in [5, 5.41) is 3.06. The molecular formula is C24H33N3O2. The van der Waals surface area contributed by atoms with Crippen LogP contribution in [0.25, 0.3) is 0 Å². The summed E-state index contributed by atoms with van der Waals surface area (Å²) in [7, 11) is 0. The van der Waals surface area contributed by atoms with E-state index in [1.807, 2.05) is 44.2 Å². The molecule has 1 amide bonds. The van der Waals surface area contributed by atoms with Crippen LogP contribution in [0.1, 0.15) is 39.2 Å². The molecule has 5 nitrogen and oxygen atoms in total. The van der Waals surface area contributed by atoms with E-state index in [0.29, 0.717) is 12.5 Å². The average Bonchev–Trinajstić information content (AvgIpc) is 2.74. The van der Waals surface area contributed by atoms with Gasteiger partial charge in [-0.3, -0.25) is 9.69 Å². The molecule has 3 rings (SSSR count). The van der Waals surface area contributed by atoms with Gasteiger partial charge in [-0.15, -0.1) is 0 Å². The van der Waals surface area contributed by atoms with Gasteiger partial charge in [0.05, 0.1) is 18.3 Å². The summed E-state index contributed by atoms with van der Waals surface area (Å²) < 4.78 is 5.77. The van der Waals surface area contributed by atoms with E-state index in [1.54, 1.807) is 0 Å². The number of anilines is 2. The summed E-state index contributed by atoms with van der Waals surface area (Å²) in [5.41, 5.74) is 3.27. The minimum Gasteiger partial charge on any atom is -0.492 e. The van der Waals surface area contributed by atoms with Gasteiger partial charge in [-0.2, -0.15) is 0 Å². The lowest BCUT2D eigenvalue weighted by atomic mass is 10.0. The van der Waals surface area contributed by atoms with E-state index in [9.17, 15) is 4.79 Å². The highest BCUT2D eigenvalue weighted by Gasteiger charge is 2.26. The Morgan fingerprint density at radius 2 is 1.66 bits per heavy atom. The molecule has 1 heterocycles. The second-order valence-corrected chi connectivity index (χ2v) is 7.87. The molecular weight excluding hydrogens is 362 g/mol. The maximum Gasteiger partial charge on any atom is 0.241 e. The number of carbonyl (C=O) groups excluding carboxylic acids is 1. The molecule has 0 aromatic heterocycles. The molecule has 1 fully saturated rings. The van der Waals surface area contributed by atoms with Crippen molar-refractivity contribution in [1.82, 2.24) is 4.90 Å². The van der Waals surface area contributed by atoms with Crippen LogP contribution in [0.15, 0.2) is 48.5 Å². The number of ether oxygens (including phenoxy) is 1. The monoisotopic (exact) mass is 395 g/mol. The first-order valence-electron chi connectivity index (χ1n) is 10.6. The standard InChI is InChI=1S/C24H33N3O2/c1-5-29-23-9-7-6-8-22(23)27-16-14-26(15-17-27)19(4)24(28)25-21-12-10-20(11-13-21)18(2)3/h6-13,18-19H,5,14-17H2,1-4H3,(H,25,28)/t19-/m1/s1. The third-order valence-electron chi connectivity index (χ3n) is 5.59. The maximum absolute atomic E-state index is 12.7. The molecule has 2 aromatic rings. The molecule has 1 atom stereocenters. The highest BCUT2D eigenvalue weighted by atomic mass is 16.5. The number of carbonyl (C=O) groups is 1. The van der Waals surface area contributed by atoms with Crippen LogP contribution in [-0.2, 0) is 4.79 Å². The molecule has 5 heteroatoms. The lowest BCUT2D eigenvalue weighted by molar-refractivity contribution is -0.120. The predicted octanol–water partition coefficient (Wildman–Crippen LogP) is 4.36. The Balaban J connectivity index is 1.55. The van der Waals surface area contributed by atoms with Crippen LogP contribution >= 0.6 is 0 Å². The van der Waals surface area contributed by atoms with E-state index in [4.69, 9.17) is 4.74 Å². The lowest BCUT2D eigenvalue weighted by Crippen LogP contribution is -2.52. The molecule has 1 aliphatic rings. The number of hydrogen-bond donors (Lipinski definition) is 1. The molecule has 1 N–H and O–H groups in total. The van der Waals surface area contributed by atoms with Gasteiger partial charge in [-0.1, -0.05) is 38.1 Å². The van der Waals surface area contributed by atoms with Crippen molar-refractivity contribution in [3.05, 3.63) is 54.1 Å². The van der Waals surface area contributed by atoms with Gasteiger partial charge < -0.3 is 15.0 Å². The van der Waals surface area contributed by atoms with Gasteiger partial charge in [0, 0.05) is 31.9 Å². The highest BCUT2D eigenvalue weighted by molar-refractivity contribution is 5.94. The number of hydrogen-bond acceptors (Lipinski definition) is 4. The number of amides is 1. The zero-order valence-electron chi connectivity index (χ0n) is 18.0. The summed E-state index contributed by atoms with van der Waals surface area (Å²) >= 11 is 0. The number of para-hydroxylation sites is 2. The van der Waals surface area contributed by atoms with Gasteiger partial charge in [0.2, 0.25) is 5.91 Å². The largest absolute Gasteiger partial charge is 0.492 e. The highest BCUT2D eigenvalue weighted by Crippen LogP contribution is 2.29. The summed E-state index contributed by atoms with van der Waals surface area (Å²) in [5.74, 6) is 1.47. The zero-order valence-corrected chi connectivity index (χ0v) is 18.0. The minimum atomic E-state index is -0.163. The van der Waals surface area contributed by atoms with Gasteiger partial charge in [0.1, 0.15) is 5.75 Å². The molecule has 0 spiro atoms. The van der Waals surface area contributed by atoms with Crippen molar-refractivity contribution in [2.24, 2.45) is 0 Å². The predicted molar refractivity (Wildman–Crippen MR) is 120 cm³/mol. The van der Waals surface area contributed by atoms with Crippen LogP contribution < -0.4 is 15.0 Å². The van der Waals surface area contributed by atoms with E-state index in [0.717, 1.165) is 43.3 Å². The van der Waals surface area contributed by atoms with Gasteiger partial charge in [-0.25, -0.2) is 0 Å². The number of rotatable bonds is 7. The SMILES string of the molecule is CCOc1ccccc1N1CCN([C@H](C)C(=O)Nc2ccc(C(C)C)cc2)CC1.